The van der Waals surface area contributed by atoms with Crippen LogP contribution in [0.25, 0.3) is 0 Å². The molecule has 4 saturated carbocycles. The van der Waals surface area contributed by atoms with Crippen LogP contribution < -0.4 is 0 Å². The maximum Gasteiger partial charge on any atom is 0.187 e. The third kappa shape index (κ3) is 8.68. The van der Waals surface area contributed by atoms with Crippen molar-refractivity contribution in [1.82, 2.24) is 0 Å². The van der Waals surface area contributed by atoms with Gasteiger partial charge in [0.2, 0.25) is 0 Å². The number of fused-ring (bicyclic) bond motifs is 4. The van der Waals surface area contributed by atoms with Crippen molar-refractivity contribution in [2.24, 2.45) is 50.2 Å². The summed E-state index contributed by atoms with van der Waals surface area (Å²) in [7, 11) is 0. The third-order valence-corrected chi connectivity index (χ3v) is 22.3. The molecule has 5 heterocycles. The lowest BCUT2D eigenvalue weighted by molar-refractivity contribution is -0.403. The summed E-state index contributed by atoms with van der Waals surface area (Å²) in [4.78, 5) is 0. The Bertz CT molecular complexity index is 2140. The van der Waals surface area contributed by atoms with Gasteiger partial charge in [-0.2, -0.15) is 0 Å². The maximum absolute atomic E-state index is 12.3. The number of aliphatic hydroxyl groups excluding tert-OH is 14. The molecule has 23 nitrogen and oxygen atoms in total. The summed E-state index contributed by atoms with van der Waals surface area (Å²) in [5.74, 6) is -0.210. The zero-order chi connectivity index (χ0) is 56.1. The lowest BCUT2D eigenvalue weighted by Crippen LogP contribution is -2.73. The molecule has 10 rings (SSSR count). The maximum atomic E-state index is 12.3. The normalized spacial score (nSPS) is 59.1. The molecule has 0 aromatic rings. The quantitative estimate of drug-likeness (QED) is 0.0747. The van der Waals surface area contributed by atoms with E-state index in [0.717, 1.165) is 6.42 Å². The van der Waals surface area contributed by atoms with Crippen LogP contribution in [0.1, 0.15) is 100 Å². The van der Waals surface area contributed by atoms with Crippen molar-refractivity contribution in [1.29, 1.82) is 0 Å². The first-order chi connectivity index (χ1) is 36.0. The second-order valence-corrected chi connectivity index (χ2v) is 26.6. The minimum absolute atomic E-state index is 0.0104. The fourth-order valence-electron chi connectivity index (χ4n) is 17.2. The molecule has 14 N–H and O–H groups in total. The van der Waals surface area contributed by atoms with Crippen LogP contribution in [0, 0.1) is 50.2 Å². The van der Waals surface area contributed by atoms with E-state index in [1.807, 2.05) is 6.92 Å². The Morgan fingerprint density at radius 2 is 1.09 bits per heavy atom. The smallest absolute Gasteiger partial charge is 0.187 e. The summed E-state index contributed by atoms with van der Waals surface area (Å²) in [6.07, 6.45) is -26.6. The molecule has 23 heteroatoms. The molecule has 442 valence electrons. The monoisotopic (exact) mass is 1100 g/mol. The van der Waals surface area contributed by atoms with E-state index in [-0.39, 0.29) is 35.2 Å². The van der Waals surface area contributed by atoms with Crippen LogP contribution in [-0.2, 0) is 42.6 Å². The Kier molecular flexibility index (Phi) is 15.8. The van der Waals surface area contributed by atoms with Crippen molar-refractivity contribution < 1.29 is 114 Å². The lowest BCUT2D eigenvalue weighted by Gasteiger charge is -2.73. The molecule has 5 aliphatic heterocycles. The Hall–Kier alpha value is -1.18. The minimum Gasteiger partial charge on any atom is -0.396 e. The fraction of sp³-hybridized carbons (Fsp3) is 0.963. The van der Waals surface area contributed by atoms with Crippen molar-refractivity contribution in [3.05, 3.63) is 12.2 Å². The Balaban J connectivity index is 0.937. The zero-order valence-corrected chi connectivity index (χ0v) is 45.4. The van der Waals surface area contributed by atoms with Crippen LogP contribution in [0.3, 0.4) is 0 Å². The summed E-state index contributed by atoms with van der Waals surface area (Å²) in [6, 6.07) is 0. The predicted molar refractivity (Wildman–Crippen MR) is 262 cm³/mol. The number of hydrogen-bond donors (Lipinski definition) is 14. The van der Waals surface area contributed by atoms with Crippen LogP contribution in [0.5, 0.6) is 0 Å². The van der Waals surface area contributed by atoms with Crippen LogP contribution in [0.4, 0.5) is 0 Å². The Morgan fingerprint density at radius 1 is 0.519 bits per heavy atom. The van der Waals surface area contributed by atoms with Gasteiger partial charge in [-0.15, -0.1) is 0 Å². The molecule has 9 fully saturated rings. The van der Waals surface area contributed by atoms with Gasteiger partial charge in [-0.3, -0.25) is 0 Å². The van der Waals surface area contributed by atoms with E-state index in [2.05, 4.69) is 46.8 Å². The summed E-state index contributed by atoms with van der Waals surface area (Å²) >= 11 is 0. The number of ether oxygens (including phenoxy) is 9. The highest BCUT2D eigenvalue weighted by atomic mass is 16.8. The summed E-state index contributed by atoms with van der Waals surface area (Å²) in [6.45, 7) is 14.4. The molecule has 2 bridgehead atoms. The second-order valence-electron chi connectivity index (χ2n) is 26.6. The molecular formula is C54H88O23. The van der Waals surface area contributed by atoms with Crippen LogP contribution in [-0.4, -0.2) is 245 Å². The van der Waals surface area contributed by atoms with Crippen LogP contribution in [0.2, 0.25) is 0 Å². The Labute approximate surface area is 448 Å². The fourth-order valence-corrected chi connectivity index (χ4v) is 17.2. The van der Waals surface area contributed by atoms with Gasteiger partial charge in [0.1, 0.15) is 85.5 Å². The first-order valence-corrected chi connectivity index (χ1v) is 27.9. The van der Waals surface area contributed by atoms with Gasteiger partial charge < -0.3 is 114 Å². The van der Waals surface area contributed by atoms with Crippen LogP contribution in [0.15, 0.2) is 12.2 Å². The molecule has 0 amide bonds. The molecule has 77 heavy (non-hydrogen) atoms. The molecule has 5 saturated heterocycles. The third-order valence-electron chi connectivity index (χ3n) is 22.3. The summed E-state index contributed by atoms with van der Waals surface area (Å²) in [5.41, 5.74) is -3.90. The standard InChI is InChI=1S/C54H88O23/c1-22-32(60)35(63)38(66)44(70-22)75-41-25(19-56)73-46(40(68)37(41)65)76-42-33(61)23(2)71-47(43(42)77-45-39(67)36(64)34(62)24(18-55)72-45)74-31-11-12-49(5)26(50(31,6)20-57)9-13-51(7)27(49)10-14-54-28-15-48(3,4)29(58)17-53(28,21-69-54)30(59)16-52(51,54)8/h10,14,22-47,55-68H,9,11-13,15-21H2,1-8H3. The molecule has 10 aliphatic rings. The zero-order valence-electron chi connectivity index (χ0n) is 45.4. The van der Waals surface area contributed by atoms with Crippen molar-refractivity contribution in [2.75, 3.05) is 26.4 Å². The van der Waals surface area contributed by atoms with Gasteiger partial charge in [0.05, 0.1) is 62.5 Å². The highest BCUT2D eigenvalue weighted by molar-refractivity contribution is 5.36. The van der Waals surface area contributed by atoms with Gasteiger partial charge in [-0.25, -0.2) is 0 Å². The van der Waals surface area contributed by atoms with E-state index in [9.17, 15) is 71.5 Å². The van der Waals surface area contributed by atoms with E-state index in [1.165, 1.54) is 13.8 Å². The number of hydrogen-bond acceptors (Lipinski definition) is 23. The van der Waals surface area contributed by atoms with Gasteiger partial charge in [0, 0.05) is 22.2 Å². The molecule has 0 radical (unpaired) electrons. The van der Waals surface area contributed by atoms with Crippen molar-refractivity contribution in [3.63, 3.8) is 0 Å². The highest BCUT2D eigenvalue weighted by Crippen LogP contribution is 2.79. The van der Waals surface area contributed by atoms with Crippen LogP contribution >= 0.6 is 0 Å². The largest absolute Gasteiger partial charge is 0.396 e. The first-order valence-electron chi connectivity index (χ1n) is 27.9. The van der Waals surface area contributed by atoms with Crippen molar-refractivity contribution >= 4 is 0 Å². The average molecular weight is 1110 g/mol. The number of rotatable bonds is 11. The van der Waals surface area contributed by atoms with Gasteiger partial charge in [0.15, 0.2) is 25.2 Å². The first kappa shape index (κ1) is 59.0. The molecule has 1 spiro atoms. The second kappa shape index (κ2) is 20.6. The average Bonchev–Trinajstić information content (AvgIpc) is 3.73. The van der Waals surface area contributed by atoms with Gasteiger partial charge in [0.25, 0.3) is 0 Å². The number of aliphatic hydroxyl groups is 14. The van der Waals surface area contributed by atoms with Gasteiger partial charge >= 0.3 is 0 Å². The van der Waals surface area contributed by atoms with E-state index >= 15 is 0 Å². The Morgan fingerprint density at radius 3 is 1.74 bits per heavy atom. The van der Waals surface area contributed by atoms with E-state index < -0.39 is 182 Å². The molecule has 0 aromatic heterocycles. The minimum atomic E-state index is -2.02. The molecule has 0 aromatic carbocycles. The summed E-state index contributed by atoms with van der Waals surface area (Å²) in [5, 5.41) is 155. The van der Waals surface area contributed by atoms with E-state index in [4.69, 9.17) is 42.6 Å². The lowest BCUT2D eigenvalue weighted by atomic mass is 9.32. The highest BCUT2D eigenvalue weighted by Gasteiger charge is 2.80. The van der Waals surface area contributed by atoms with Crippen molar-refractivity contribution in [2.45, 2.75) is 247 Å². The molecule has 5 aliphatic carbocycles. The predicted octanol–water partition coefficient (Wildman–Crippen LogP) is -2.58. The SMILES string of the molecule is CC1OC(OC2C(CO)OC(OC3C(O)C(C)OC(OC4CCC5(C)C(CCC6(C)C5C=CC57OCC8(CC(O)C(C)(C)CC85)C(O)CC67C)C4(C)CO)C3OC3OC(CO)C(O)C(O)C3O)C(O)C2O)C(O)C(O)C1O. The van der Waals surface area contributed by atoms with E-state index in [0.29, 0.717) is 45.1 Å². The number of allylic oxidation sites excluding steroid dienone is 1. The summed E-state index contributed by atoms with van der Waals surface area (Å²) < 4.78 is 56.3. The van der Waals surface area contributed by atoms with Crippen molar-refractivity contribution in [3.8, 4) is 0 Å². The van der Waals surface area contributed by atoms with Gasteiger partial charge in [-0.1, -0.05) is 53.7 Å². The van der Waals surface area contributed by atoms with E-state index in [1.54, 1.807) is 0 Å². The molecule has 32 unspecified atom stereocenters. The van der Waals surface area contributed by atoms with Gasteiger partial charge in [-0.05, 0) is 86.9 Å². The topological polar surface area (TPSA) is 366 Å². The molecular weight excluding hydrogens is 1020 g/mol. The molecule has 32 atom stereocenters.